The lowest BCUT2D eigenvalue weighted by Gasteiger charge is -2.34. The van der Waals surface area contributed by atoms with Gasteiger partial charge in [0, 0.05) is 25.2 Å². The van der Waals surface area contributed by atoms with Gasteiger partial charge in [-0.2, -0.15) is 0 Å². The van der Waals surface area contributed by atoms with Crippen LogP contribution in [0.15, 0.2) is 30.3 Å². The van der Waals surface area contributed by atoms with Crippen molar-refractivity contribution in [1.82, 2.24) is 4.90 Å². The Hall–Kier alpha value is -0.860. The van der Waals surface area contributed by atoms with Gasteiger partial charge in [0.25, 0.3) is 0 Å². The highest BCUT2D eigenvalue weighted by Gasteiger charge is 2.19. The van der Waals surface area contributed by atoms with Gasteiger partial charge in [0.2, 0.25) is 0 Å². The molecule has 0 amide bonds. The van der Waals surface area contributed by atoms with Gasteiger partial charge in [0.05, 0.1) is 0 Å². The molecule has 108 valence electrons. The number of benzene rings is 1. The Morgan fingerprint density at radius 1 is 1.00 bits per heavy atom. The zero-order valence-electron chi connectivity index (χ0n) is 13.0. The van der Waals surface area contributed by atoms with Gasteiger partial charge in [-0.3, -0.25) is 4.90 Å². The third kappa shape index (κ3) is 5.33. The van der Waals surface area contributed by atoms with Gasteiger partial charge in [-0.15, -0.1) is 0 Å². The van der Waals surface area contributed by atoms with Crippen molar-refractivity contribution in [2.45, 2.75) is 52.6 Å². The van der Waals surface area contributed by atoms with Crippen LogP contribution in [0.3, 0.4) is 0 Å². The first-order valence-electron chi connectivity index (χ1n) is 7.63. The maximum Gasteiger partial charge on any atom is 0.0424 e. The Bertz CT molecular complexity index is 330. The third-order valence-electron chi connectivity index (χ3n) is 3.72. The molecule has 0 bridgehead atoms. The molecule has 0 saturated heterocycles. The maximum absolute atomic E-state index is 6.38. The van der Waals surface area contributed by atoms with E-state index in [0.29, 0.717) is 12.0 Å². The Kier molecular flexibility index (Phi) is 7.11. The van der Waals surface area contributed by atoms with Gasteiger partial charge < -0.3 is 5.73 Å². The van der Waals surface area contributed by atoms with E-state index >= 15 is 0 Å². The quantitative estimate of drug-likeness (QED) is 0.771. The van der Waals surface area contributed by atoms with E-state index in [4.69, 9.17) is 5.73 Å². The first-order valence-corrected chi connectivity index (χ1v) is 7.63. The Labute approximate surface area is 119 Å². The van der Waals surface area contributed by atoms with Gasteiger partial charge in [-0.1, -0.05) is 58.0 Å². The Balaban J connectivity index is 2.71. The molecule has 0 radical (unpaired) electrons. The highest BCUT2D eigenvalue weighted by Crippen LogP contribution is 2.17. The van der Waals surface area contributed by atoms with Crippen molar-refractivity contribution in [1.29, 1.82) is 0 Å². The van der Waals surface area contributed by atoms with Gasteiger partial charge in [0.15, 0.2) is 0 Å². The Morgan fingerprint density at radius 2 is 1.58 bits per heavy atom. The van der Waals surface area contributed by atoms with Crippen LogP contribution in [0.4, 0.5) is 0 Å². The summed E-state index contributed by atoms with van der Waals surface area (Å²) in [6, 6.07) is 11.2. The fourth-order valence-corrected chi connectivity index (χ4v) is 2.71. The van der Waals surface area contributed by atoms with Crippen molar-refractivity contribution in [2.24, 2.45) is 11.7 Å². The molecule has 2 N–H and O–H groups in total. The minimum Gasteiger partial charge on any atom is -0.323 e. The van der Waals surface area contributed by atoms with E-state index in [1.165, 1.54) is 18.4 Å². The second-order valence-electron chi connectivity index (χ2n) is 5.84. The number of rotatable bonds is 8. The molecule has 1 rings (SSSR count). The molecule has 0 aliphatic carbocycles. The fraction of sp³-hybridized carbons (Fsp3) is 0.647. The second-order valence-corrected chi connectivity index (χ2v) is 5.84. The summed E-state index contributed by atoms with van der Waals surface area (Å²) in [5.41, 5.74) is 7.62. The first kappa shape index (κ1) is 16.2. The zero-order valence-corrected chi connectivity index (χ0v) is 13.0. The Morgan fingerprint density at radius 3 is 2.05 bits per heavy atom. The molecule has 0 fully saturated rings. The van der Waals surface area contributed by atoms with Crippen LogP contribution in [-0.2, 0) is 0 Å². The van der Waals surface area contributed by atoms with Crippen molar-refractivity contribution in [3.8, 4) is 0 Å². The lowest BCUT2D eigenvalue weighted by molar-refractivity contribution is 0.156. The largest absolute Gasteiger partial charge is 0.323 e. The van der Waals surface area contributed by atoms with Gasteiger partial charge in [-0.05, 0) is 24.3 Å². The normalized spacial score (nSPS) is 13.5. The van der Waals surface area contributed by atoms with E-state index in [1.54, 1.807) is 0 Å². The molecule has 19 heavy (non-hydrogen) atoms. The maximum atomic E-state index is 6.38. The molecule has 0 spiro atoms. The highest BCUT2D eigenvalue weighted by molar-refractivity contribution is 5.18. The summed E-state index contributed by atoms with van der Waals surface area (Å²) in [6.45, 7) is 11.2. The molecule has 0 aliphatic rings. The summed E-state index contributed by atoms with van der Waals surface area (Å²) in [5, 5.41) is 0. The lowest BCUT2D eigenvalue weighted by atomic mass is 10.0. The van der Waals surface area contributed by atoms with Crippen molar-refractivity contribution in [2.75, 3.05) is 13.1 Å². The predicted molar refractivity (Wildman–Crippen MR) is 84.2 cm³/mol. The predicted octanol–water partition coefficient (Wildman–Crippen LogP) is 3.83. The average molecular weight is 262 g/mol. The summed E-state index contributed by atoms with van der Waals surface area (Å²) in [7, 11) is 0. The highest BCUT2D eigenvalue weighted by atomic mass is 15.2. The van der Waals surface area contributed by atoms with E-state index in [-0.39, 0.29) is 6.04 Å². The lowest BCUT2D eigenvalue weighted by Crippen LogP contribution is -2.41. The summed E-state index contributed by atoms with van der Waals surface area (Å²) >= 11 is 0. The van der Waals surface area contributed by atoms with Crippen molar-refractivity contribution >= 4 is 0 Å². The van der Waals surface area contributed by atoms with Crippen LogP contribution in [0.25, 0.3) is 0 Å². The average Bonchev–Trinajstić information content (AvgIpc) is 2.40. The van der Waals surface area contributed by atoms with Crippen LogP contribution >= 0.6 is 0 Å². The van der Waals surface area contributed by atoms with Crippen LogP contribution in [0.5, 0.6) is 0 Å². The van der Waals surface area contributed by atoms with Crippen LogP contribution in [-0.4, -0.2) is 24.0 Å². The molecule has 0 heterocycles. The first-order chi connectivity index (χ1) is 9.08. The number of nitrogens with zero attached hydrogens (tertiary/aromatic N) is 1. The van der Waals surface area contributed by atoms with E-state index < -0.39 is 0 Å². The smallest absolute Gasteiger partial charge is 0.0424 e. The van der Waals surface area contributed by atoms with Gasteiger partial charge in [0.1, 0.15) is 0 Å². The van der Waals surface area contributed by atoms with Crippen LogP contribution in [0.2, 0.25) is 0 Å². The van der Waals surface area contributed by atoms with Crippen molar-refractivity contribution < 1.29 is 0 Å². The zero-order chi connectivity index (χ0) is 14.3. The molecule has 2 heteroatoms. The molecule has 0 aromatic heterocycles. The van der Waals surface area contributed by atoms with Gasteiger partial charge >= 0.3 is 0 Å². The topological polar surface area (TPSA) is 29.3 Å². The molecule has 1 aromatic rings. The summed E-state index contributed by atoms with van der Waals surface area (Å²) in [5.74, 6) is 0.684. The summed E-state index contributed by atoms with van der Waals surface area (Å²) < 4.78 is 0. The number of hydrogen-bond donors (Lipinski definition) is 1. The van der Waals surface area contributed by atoms with Crippen LogP contribution in [0.1, 0.15) is 52.1 Å². The van der Waals surface area contributed by atoms with E-state index in [1.807, 2.05) is 6.07 Å². The number of hydrogen-bond acceptors (Lipinski definition) is 2. The van der Waals surface area contributed by atoms with Gasteiger partial charge in [-0.25, -0.2) is 0 Å². The second kappa shape index (κ2) is 8.34. The van der Waals surface area contributed by atoms with Crippen LogP contribution < -0.4 is 5.73 Å². The molecule has 1 atom stereocenters. The molecule has 1 aromatic carbocycles. The van der Waals surface area contributed by atoms with Crippen molar-refractivity contribution in [3.05, 3.63) is 35.9 Å². The monoisotopic (exact) mass is 262 g/mol. The molecule has 0 saturated carbocycles. The molecular weight excluding hydrogens is 232 g/mol. The fourth-order valence-electron chi connectivity index (χ4n) is 2.71. The SMILES string of the molecule is CCC(CC)N(CC(C)C)CC(N)c1ccccc1. The minimum absolute atomic E-state index is 0.112. The van der Waals surface area contributed by atoms with E-state index in [9.17, 15) is 0 Å². The molecule has 1 unspecified atom stereocenters. The van der Waals surface area contributed by atoms with E-state index in [0.717, 1.165) is 13.1 Å². The van der Waals surface area contributed by atoms with Crippen molar-refractivity contribution in [3.63, 3.8) is 0 Å². The number of nitrogens with two attached hydrogens (primary N) is 1. The van der Waals surface area contributed by atoms with Crippen LogP contribution in [0, 0.1) is 5.92 Å². The molecule has 0 aliphatic heterocycles. The standard InChI is InChI=1S/C17H30N2/c1-5-16(6-2)19(12-14(3)4)13-17(18)15-10-8-7-9-11-15/h7-11,14,16-17H,5-6,12-13,18H2,1-4H3. The van der Waals surface area contributed by atoms with E-state index in [2.05, 4.69) is 56.9 Å². The molecule has 2 nitrogen and oxygen atoms in total. The molecular formula is C17H30N2. The summed E-state index contributed by atoms with van der Waals surface area (Å²) in [6.07, 6.45) is 2.40. The minimum atomic E-state index is 0.112. The summed E-state index contributed by atoms with van der Waals surface area (Å²) in [4.78, 5) is 2.57. The third-order valence-corrected chi connectivity index (χ3v) is 3.72.